The number of hydrogen-bond donors (Lipinski definition) is 1. The molecule has 1 N–H and O–H groups in total. The van der Waals surface area contributed by atoms with Gasteiger partial charge in [0.05, 0.1) is 6.42 Å². The van der Waals surface area contributed by atoms with Crippen molar-refractivity contribution in [2.75, 3.05) is 7.05 Å². The molecule has 3 aromatic rings. The van der Waals surface area contributed by atoms with Gasteiger partial charge in [-0.15, -0.1) is 0 Å². The molecular formula is C26H26Cl2N2O2. The Morgan fingerprint density at radius 2 is 1.50 bits per heavy atom. The van der Waals surface area contributed by atoms with Gasteiger partial charge < -0.3 is 10.2 Å². The predicted octanol–water partition coefficient (Wildman–Crippen LogP) is 5.23. The van der Waals surface area contributed by atoms with Crippen LogP contribution < -0.4 is 5.32 Å². The number of likely N-dealkylation sites (N-methyl/N-ethyl adjacent to an activating group) is 1. The summed E-state index contributed by atoms with van der Waals surface area (Å²) in [5, 5.41) is 3.58. The monoisotopic (exact) mass is 468 g/mol. The topological polar surface area (TPSA) is 49.4 Å². The second kappa shape index (κ2) is 11.2. The zero-order valence-corrected chi connectivity index (χ0v) is 19.7. The summed E-state index contributed by atoms with van der Waals surface area (Å²) in [6.45, 7) is 2.31. The normalized spacial score (nSPS) is 11.6. The fourth-order valence-corrected chi connectivity index (χ4v) is 4.10. The van der Waals surface area contributed by atoms with E-state index in [1.807, 2.05) is 61.5 Å². The number of halogens is 2. The van der Waals surface area contributed by atoms with Crippen LogP contribution in [0, 0.1) is 6.92 Å². The molecule has 0 unspecified atom stereocenters. The van der Waals surface area contributed by atoms with Crippen LogP contribution in [0.25, 0.3) is 0 Å². The molecule has 0 saturated heterocycles. The van der Waals surface area contributed by atoms with E-state index >= 15 is 0 Å². The molecule has 0 bridgehead atoms. The summed E-state index contributed by atoms with van der Waals surface area (Å²) in [5.41, 5.74) is 3.60. The zero-order chi connectivity index (χ0) is 23.1. The van der Waals surface area contributed by atoms with Gasteiger partial charge >= 0.3 is 0 Å². The smallest absolute Gasteiger partial charge is 0.242 e. The number of carbonyl (C=O) groups is 2. The van der Waals surface area contributed by atoms with Crippen LogP contribution >= 0.6 is 23.2 Å². The van der Waals surface area contributed by atoms with Gasteiger partial charge in [0, 0.05) is 30.1 Å². The molecule has 0 spiro atoms. The maximum Gasteiger partial charge on any atom is 0.242 e. The average Bonchev–Trinajstić information content (AvgIpc) is 2.80. The first-order chi connectivity index (χ1) is 15.4. The quantitative estimate of drug-likeness (QED) is 0.491. The first kappa shape index (κ1) is 23.8. The highest BCUT2D eigenvalue weighted by Gasteiger charge is 2.30. The number of hydrogen-bond acceptors (Lipinski definition) is 2. The Balaban J connectivity index is 1.97. The summed E-state index contributed by atoms with van der Waals surface area (Å²) in [6, 6.07) is 22.1. The minimum absolute atomic E-state index is 0.00660. The van der Waals surface area contributed by atoms with Gasteiger partial charge in [0.2, 0.25) is 11.8 Å². The van der Waals surface area contributed by atoms with Crippen molar-refractivity contribution in [3.05, 3.63) is 105 Å². The van der Waals surface area contributed by atoms with Crippen molar-refractivity contribution < 1.29 is 9.59 Å². The number of benzene rings is 3. The number of nitrogens with one attached hydrogen (secondary N) is 1. The Labute approximate surface area is 199 Å². The van der Waals surface area contributed by atoms with Crippen molar-refractivity contribution in [1.82, 2.24) is 10.2 Å². The molecule has 0 saturated carbocycles. The fraction of sp³-hybridized carbons (Fsp3) is 0.231. The highest BCUT2D eigenvalue weighted by molar-refractivity contribution is 6.36. The van der Waals surface area contributed by atoms with Gasteiger partial charge in [-0.3, -0.25) is 9.59 Å². The van der Waals surface area contributed by atoms with Gasteiger partial charge in [-0.05, 0) is 35.7 Å². The highest BCUT2D eigenvalue weighted by atomic mass is 35.5. The second-order valence-electron chi connectivity index (χ2n) is 7.70. The molecule has 4 nitrogen and oxygen atoms in total. The summed E-state index contributed by atoms with van der Waals surface area (Å²) >= 11 is 12.6. The molecule has 0 aliphatic heterocycles. The summed E-state index contributed by atoms with van der Waals surface area (Å²) < 4.78 is 0. The number of carbonyl (C=O) groups excluding carboxylic acids is 2. The van der Waals surface area contributed by atoms with Crippen molar-refractivity contribution in [2.24, 2.45) is 0 Å². The van der Waals surface area contributed by atoms with Gasteiger partial charge in [0.1, 0.15) is 6.04 Å². The Bertz CT molecular complexity index is 1050. The summed E-state index contributed by atoms with van der Waals surface area (Å²) in [7, 11) is 1.58. The Morgan fingerprint density at radius 3 is 2.09 bits per heavy atom. The van der Waals surface area contributed by atoms with Crippen molar-refractivity contribution in [1.29, 1.82) is 0 Å². The minimum Gasteiger partial charge on any atom is -0.357 e. The molecule has 166 valence electrons. The number of nitrogens with zero attached hydrogens (tertiary/aromatic N) is 1. The maximum atomic E-state index is 13.6. The van der Waals surface area contributed by atoms with Crippen LogP contribution in [0.15, 0.2) is 72.8 Å². The van der Waals surface area contributed by atoms with E-state index in [0.29, 0.717) is 28.6 Å². The van der Waals surface area contributed by atoms with Crippen LogP contribution in [0.5, 0.6) is 0 Å². The summed E-state index contributed by atoms with van der Waals surface area (Å²) in [6.07, 6.45) is 0.404. The molecule has 0 aromatic heterocycles. The van der Waals surface area contributed by atoms with Gasteiger partial charge in [-0.2, -0.15) is 0 Å². The summed E-state index contributed by atoms with van der Waals surface area (Å²) in [5.74, 6) is -0.440. The van der Waals surface area contributed by atoms with Gasteiger partial charge in [-0.1, -0.05) is 89.4 Å². The lowest BCUT2D eigenvalue weighted by Crippen LogP contribution is -2.50. The molecule has 2 amide bonds. The lowest BCUT2D eigenvalue weighted by atomic mass is 10.0. The van der Waals surface area contributed by atoms with Crippen LogP contribution in [-0.4, -0.2) is 29.8 Å². The third-order valence-corrected chi connectivity index (χ3v) is 6.09. The van der Waals surface area contributed by atoms with E-state index < -0.39 is 6.04 Å². The van der Waals surface area contributed by atoms with E-state index in [0.717, 1.165) is 16.7 Å². The second-order valence-corrected chi connectivity index (χ2v) is 8.52. The first-order valence-electron chi connectivity index (χ1n) is 10.4. The largest absolute Gasteiger partial charge is 0.357 e. The van der Waals surface area contributed by atoms with Crippen molar-refractivity contribution in [3.8, 4) is 0 Å². The molecule has 32 heavy (non-hydrogen) atoms. The molecule has 0 heterocycles. The van der Waals surface area contributed by atoms with Crippen LogP contribution in [0.1, 0.15) is 22.3 Å². The molecule has 0 radical (unpaired) electrons. The van der Waals surface area contributed by atoms with Gasteiger partial charge in [-0.25, -0.2) is 0 Å². The highest BCUT2D eigenvalue weighted by Crippen LogP contribution is 2.26. The molecular weight excluding hydrogens is 443 g/mol. The van der Waals surface area contributed by atoms with Crippen molar-refractivity contribution >= 4 is 35.0 Å². The average molecular weight is 469 g/mol. The minimum atomic E-state index is -0.683. The molecule has 0 fully saturated rings. The van der Waals surface area contributed by atoms with E-state index in [1.54, 1.807) is 30.1 Å². The molecule has 1 atom stereocenters. The maximum absolute atomic E-state index is 13.6. The SMILES string of the molecule is CNC(=O)[C@@H](Cc1ccccc1)N(Cc1ccc(C)cc1)C(=O)Cc1c(Cl)cccc1Cl. The first-order valence-corrected chi connectivity index (χ1v) is 11.2. The van der Waals surface area contributed by atoms with Crippen LogP contribution in [-0.2, 0) is 29.0 Å². The number of aryl methyl sites for hydroxylation is 1. The number of amides is 2. The van der Waals surface area contributed by atoms with E-state index in [-0.39, 0.29) is 18.2 Å². The van der Waals surface area contributed by atoms with Crippen LogP contribution in [0.4, 0.5) is 0 Å². The van der Waals surface area contributed by atoms with Crippen molar-refractivity contribution in [3.63, 3.8) is 0 Å². The fourth-order valence-electron chi connectivity index (χ4n) is 3.56. The molecule has 0 aliphatic rings. The molecule has 6 heteroatoms. The van der Waals surface area contributed by atoms with Crippen molar-refractivity contribution in [2.45, 2.75) is 32.4 Å². The molecule has 0 aliphatic carbocycles. The zero-order valence-electron chi connectivity index (χ0n) is 18.1. The number of rotatable bonds is 8. The lowest BCUT2D eigenvalue weighted by molar-refractivity contribution is -0.140. The standard InChI is InChI=1S/C26H26Cl2N2O2/c1-18-11-13-20(14-12-18)17-30(25(31)16-21-22(27)9-6-10-23(21)28)24(26(32)29-2)15-19-7-4-3-5-8-19/h3-14,24H,15-17H2,1-2H3,(H,29,32)/t24-/m1/s1. The predicted molar refractivity (Wildman–Crippen MR) is 130 cm³/mol. The van der Waals surface area contributed by atoms with E-state index in [2.05, 4.69) is 5.32 Å². The molecule has 3 aromatic carbocycles. The van der Waals surface area contributed by atoms with E-state index in [9.17, 15) is 9.59 Å². The Hall–Kier alpha value is -2.82. The van der Waals surface area contributed by atoms with Crippen LogP contribution in [0.2, 0.25) is 10.0 Å². The van der Waals surface area contributed by atoms with Gasteiger partial charge in [0.25, 0.3) is 0 Å². The third kappa shape index (κ3) is 6.12. The molecule has 3 rings (SSSR count). The third-order valence-electron chi connectivity index (χ3n) is 5.38. The Morgan fingerprint density at radius 1 is 0.875 bits per heavy atom. The lowest BCUT2D eigenvalue weighted by Gasteiger charge is -2.31. The van der Waals surface area contributed by atoms with Crippen LogP contribution in [0.3, 0.4) is 0 Å². The summed E-state index contributed by atoms with van der Waals surface area (Å²) in [4.78, 5) is 28.1. The van der Waals surface area contributed by atoms with E-state index in [4.69, 9.17) is 23.2 Å². The Kier molecular flexibility index (Phi) is 8.32. The van der Waals surface area contributed by atoms with Gasteiger partial charge in [0.15, 0.2) is 0 Å². The van der Waals surface area contributed by atoms with E-state index in [1.165, 1.54) is 0 Å².